The van der Waals surface area contributed by atoms with E-state index in [1.165, 1.54) is 0 Å². The van der Waals surface area contributed by atoms with Crippen LogP contribution < -0.4 is 0 Å². The number of aryl methyl sites for hydroxylation is 2. The number of benzene rings is 2. The fourth-order valence-electron chi connectivity index (χ4n) is 1.57. The summed E-state index contributed by atoms with van der Waals surface area (Å²) in [7, 11) is -3.37. The molecule has 0 aromatic heterocycles. The number of sulfone groups is 1. The molecule has 0 aliphatic heterocycles. The minimum absolute atomic E-state index is 0.340. The number of hydrogen-bond acceptors (Lipinski definition) is 2. The van der Waals surface area contributed by atoms with Crippen LogP contribution in [0.4, 0.5) is 0 Å². The van der Waals surface area contributed by atoms with Crippen LogP contribution in [0.2, 0.25) is 0 Å². The molecule has 2 rings (SSSR count). The van der Waals surface area contributed by atoms with E-state index in [-0.39, 0.29) is 0 Å². The molecule has 0 aliphatic carbocycles. The van der Waals surface area contributed by atoms with Crippen molar-refractivity contribution in [2.45, 2.75) is 37.5 Å². The molecule has 3 heteroatoms. The van der Waals surface area contributed by atoms with Gasteiger partial charge in [0.2, 0.25) is 9.84 Å². The van der Waals surface area contributed by atoms with Crippen LogP contribution in [0.15, 0.2) is 58.3 Å². The third-order valence-corrected chi connectivity index (χ3v) is 4.45. The molecule has 0 radical (unpaired) electrons. The standard InChI is InChI=1S/C14H14O2S.C2H6/c1-11-3-7-13(8-4-11)17(15,16)14-9-5-12(2)6-10-14;1-2/h3-10H,1-2H3;1-2H3. The van der Waals surface area contributed by atoms with Crippen molar-refractivity contribution in [1.82, 2.24) is 0 Å². The van der Waals surface area contributed by atoms with Crippen molar-refractivity contribution in [3.05, 3.63) is 59.7 Å². The molecule has 0 unspecified atom stereocenters. The summed E-state index contributed by atoms with van der Waals surface area (Å²) < 4.78 is 24.5. The van der Waals surface area contributed by atoms with Crippen LogP contribution in [-0.2, 0) is 9.84 Å². The van der Waals surface area contributed by atoms with E-state index in [9.17, 15) is 8.42 Å². The Bertz CT molecular complexity index is 557. The van der Waals surface area contributed by atoms with Gasteiger partial charge in [-0.3, -0.25) is 0 Å². The highest BCUT2D eigenvalue weighted by atomic mass is 32.2. The van der Waals surface area contributed by atoms with Crippen LogP contribution in [0.3, 0.4) is 0 Å². The normalized spacial score (nSPS) is 10.5. The number of hydrogen-bond donors (Lipinski definition) is 0. The second kappa shape index (κ2) is 6.53. The van der Waals surface area contributed by atoms with E-state index in [4.69, 9.17) is 0 Å². The molecule has 0 fully saturated rings. The van der Waals surface area contributed by atoms with E-state index in [2.05, 4.69) is 0 Å². The van der Waals surface area contributed by atoms with Crippen molar-refractivity contribution in [2.24, 2.45) is 0 Å². The number of rotatable bonds is 2. The topological polar surface area (TPSA) is 34.1 Å². The van der Waals surface area contributed by atoms with Gasteiger partial charge in [0.05, 0.1) is 9.79 Å². The van der Waals surface area contributed by atoms with Gasteiger partial charge in [0.15, 0.2) is 0 Å². The van der Waals surface area contributed by atoms with Gasteiger partial charge in [0.1, 0.15) is 0 Å². The Hall–Kier alpha value is -1.61. The largest absolute Gasteiger partial charge is 0.219 e. The molecular formula is C16H20O2S. The zero-order valence-electron chi connectivity index (χ0n) is 11.8. The first-order valence-electron chi connectivity index (χ1n) is 6.38. The fourth-order valence-corrected chi connectivity index (χ4v) is 2.83. The van der Waals surface area contributed by atoms with Gasteiger partial charge in [-0.1, -0.05) is 49.2 Å². The van der Waals surface area contributed by atoms with Gasteiger partial charge >= 0.3 is 0 Å². The summed E-state index contributed by atoms with van der Waals surface area (Å²) in [6, 6.07) is 13.8. The first-order valence-corrected chi connectivity index (χ1v) is 7.87. The van der Waals surface area contributed by atoms with Crippen molar-refractivity contribution in [2.75, 3.05) is 0 Å². The SMILES string of the molecule is CC.Cc1ccc(S(=O)(=O)c2ccc(C)cc2)cc1. The summed E-state index contributed by atoms with van der Waals surface area (Å²) in [5.41, 5.74) is 2.10. The molecule has 0 N–H and O–H groups in total. The molecule has 19 heavy (non-hydrogen) atoms. The predicted octanol–water partition coefficient (Wildman–Crippen LogP) is 4.16. The van der Waals surface area contributed by atoms with Crippen molar-refractivity contribution >= 4 is 9.84 Å². The maximum atomic E-state index is 12.3. The lowest BCUT2D eigenvalue weighted by Crippen LogP contribution is -2.01. The predicted molar refractivity (Wildman–Crippen MR) is 79.2 cm³/mol. The monoisotopic (exact) mass is 276 g/mol. The Balaban J connectivity index is 0.000000861. The van der Waals surface area contributed by atoms with Gasteiger partial charge in [-0.05, 0) is 38.1 Å². The Kier molecular flexibility index (Phi) is 5.31. The van der Waals surface area contributed by atoms with Crippen LogP contribution in [0, 0.1) is 13.8 Å². The lowest BCUT2D eigenvalue weighted by atomic mass is 10.2. The summed E-state index contributed by atoms with van der Waals surface area (Å²) in [4.78, 5) is 0.680. The Morgan fingerprint density at radius 3 is 1.16 bits per heavy atom. The quantitative estimate of drug-likeness (QED) is 0.825. The molecule has 0 bridgehead atoms. The van der Waals surface area contributed by atoms with Crippen molar-refractivity contribution < 1.29 is 8.42 Å². The van der Waals surface area contributed by atoms with Gasteiger partial charge in [-0.15, -0.1) is 0 Å². The van der Waals surface area contributed by atoms with Crippen LogP contribution in [0.5, 0.6) is 0 Å². The Morgan fingerprint density at radius 1 is 0.632 bits per heavy atom. The van der Waals surface area contributed by atoms with Crippen molar-refractivity contribution in [1.29, 1.82) is 0 Å². The molecule has 0 aliphatic rings. The minimum atomic E-state index is -3.37. The van der Waals surface area contributed by atoms with E-state index in [1.54, 1.807) is 48.5 Å². The lowest BCUT2D eigenvalue weighted by molar-refractivity contribution is 0.596. The Morgan fingerprint density at radius 2 is 0.895 bits per heavy atom. The third-order valence-electron chi connectivity index (χ3n) is 2.66. The summed E-state index contributed by atoms with van der Waals surface area (Å²) in [5, 5.41) is 0. The van der Waals surface area contributed by atoms with Gasteiger partial charge in [0.25, 0.3) is 0 Å². The summed E-state index contributed by atoms with van der Waals surface area (Å²) in [6.07, 6.45) is 0. The molecule has 0 saturated carbocycles. The highest BCUT2D eigenvalue weighted by molar-refractivity contribution is 7.91. The first-order chi connectivity index (χ1) is 9.00. The zero-order chi connectivity index (χ0) is 14.5. The van der Waals surface area contributed by atoms with E-state index in [1.807, 2.05) is 27.7 Å². The van der Waals surface area contributed by atoms with Gasteiger partial charge in [0, 0.05) is 0 Å². The molecule has 0 heterocycles. The van der Waals surface area contributed by atoms with E-state index in [0.717, 1.165) is 11.1 Å². The first kappa shape index (κ1) is 15.4. The van der Waals surface area contributed by atoms with E-state index >= 15 is 0 Å². The summed E-state index contributed by atoms with van der Waals surface area (Å²) in [5.74, 6) is 0. The smallest absolute Gasteiger partial charge is 0.206 e. The molecule has 0 amide bonds. The average Bonchev–Trinajstić information content (AvgIpc) is 2.42. The molecule has 2 nitrogen and oxygen atoms in total. The molecular weight excluding hydrogens is 256 g/mol. The van der Waals surface area contributed by atoms with Crippen LogP contribution >= 0.6 is 0 Å². The minimum Gasteiger partial charge on any atom is -0.219 e. The zero-order valence-corrected chi connectivity index (χ0v) is 12.7. The van der Waals surface area contributed by atoms with Crippen molar-refractivity contribution in [3.8, 4) is 0 Å². The van der Waals surface area contributed by atoms with Crippen molar-refractivity contribution in [3.63, 3.8) is 0 Å². The molecule has 102 valence electrons. The van der Waals surface area contributed by atoms with E-state index < -0.39 is 9.84 Å². The fraction of sp³-hybridized carbons (Fsp3) is 0.250. The van der Waals surface area contributed by atoms with Crippen LogP contribution in [0.1, 0.15) is 25.0 Å². The maximum absolute atomic E-state index is 12.3. The summed E-state index contributed by atoms with van der Waals surface area (Å²) in [6.45, 7) is 7.87. The molecule has 2 aromatic rings. The van der Waals surface area contributed by atoms with Gasteiger partial charge in [-0.25, -0.2) is 8.42 Å². The van der Waals surface area contributed by atoms with Crippen LogP contribution in [0.25, 0.3) is 0 Å². The van der Waals surface area contributed by atoms with Gasteiger partial charge in [-0.2, -0.15) is 0 Å². The third kappa shape index (κ3) is 3.67. The highest BCUT2D eigenvalue weighted by Gasteiger charge is 2.16. The summed E-state index contributed by atoms with van der Waals surface area (Å²) >= 11 is 0. The molecule has 0 atom stereocenters. The Labute approximate surface area is 116 Å². The van der Waals surface area contributed by atoms with Gasteiger partial charge < -0.3 is 0 Å². The molecule has 2 aromatic carbocycles. The second-order valence-electron chi connectivity index (χ2n) is 4.13. The highest BCUT2D eigenvalue weighted by Crippen LogP contribution is 2.21. The lowest BCUT2D eigenvalue weighted by Gasteiger charge is -2.05. The maximum Gasteiger partial charge on any atom is 0.206 e. The van der Waals surface area contributed by atoms with Crippen LogP contribution in [-0.4, -0.2) is 8.42 Å². The molecule has 0 spiro atoms. The van der Waals surface area contributed by atoms with E-state index in [0.29, 0.717) is 9.79 Å². The molecule has 0 saturated heterocycles. The average molecular weight is 276 g/mol. The second-order valence-corrected chi connectivity index (χ2v) is 6.08.